The predicted molar refractivity (Wildman–Crippen MR) is 74.6 cm³/mol. The van der Waals surface area contributed by atoms with E-state index in [1.54, 1.807) is 18.2 Å². The first-order valence-corrected chi connectivity index (χ1v) is 6.83. The summed E-state index contributed by atoms with van der Waals surface area (Å²) in [6.07, 6.45) is -0.247. The van der Waals surface area contributed by atoms with Crippen molar-refractivity contribution in [3.05, 3.63) is 50.1 Å². The fourth-order valence-corrected chi connectivity index (χ4v) is 3.09. The van der Waals surface area contributed by atoms with Crippen molar-refractivity contribution < 1.29 is 4.79 Å². The monoisotopic (exact) mass is 298 g/mol. The standard InChI is InChI=1S/C12H8Cl2N2OS/c13-6-1-2-8-7(5-6)12(17)16-11(15-8)9-3-4-10(14)18-9/h1-5,11,15H,(H,16,17). The smallest absolute Gasteiger partial charge is 0.255 e. The first-order valence-electron chi connectivity index (χ1n) is 5.26. The van der Waals surface area contributed by atoms with Crippen molar-refractivity contribution in [2.24, 2.45) is 0 Å². The van der Waals surface area contributed by atoms with Crippen LogP contribution in [0.2, 0.25) is 9.36 Å². The number of carbonyl (C=O) groups excluding carboxylic acids is 1. The first-order chi connectivity index (χ1) is 8.63. The van der Waals surface area contributed by atoms with Crippen LogP contribution in [0.3, 0.4) is 0 Å². The van der Waals surface area contributed by atoms with Gasteiger partial charge < -0.3 is 10.6 Å². The number of carbonyl (C=O) groups is 1. The Bertz CT molecular complexity index is 626. The quantitative estimate of drug-likeness (QED) is 0.838. The second-order valence-electron chi connectivity index (χ2n) is 3.88. The fourth-order valence-electron chi connectivity index (χ4n) is 1.86. The van der Waals surface area contributed by atoms with Crippen LogP contribution in [0.15, 0.2) is 30.3 Å². The van der Waals surface area contributed by atoms with Crippen molar-refractivity contribution in [2.45, 2.75) is 6.17 Å². The summed E-state index contributed by atoms with van der Waals surface area (Å²) < 4.78 is 0.697. The number of thiophene rings is 1. The number of hydrogen-bond acceptors (Lipinski definition) is 3. The number of halogens is 2. The Morgan fingerprint density at radius 1 is 1.11 bits per heavy atom. The number of hydrogen-bond donors (Lipinski definition) is 2. The second kappa shape index (κ2) is 4.46. The van der Waals surface area contributed by atoms with Gasteiger partial charge in [-0.1, -0.05) is 23.2 Å². The number of nitrogens with one attached hydrogen (secondary N) is 2. The molecular formula is C12H8Cl2N2OS. The van der Waals surface area contributed by atoms with Crippen LogP contribution >= 0.6 is 34.5 Å². The lowest BCUT2D eigenvalue weighted by Gasteiger charge is -2.27. The summed E-state index contributed by atoms with van der Waals surface area (Å²) in [5, 5.41) is 6.66. The van der Waals surface area contributed by atoms with Gasteiger partial charge in [0.25, 0.3) is 5.91 Å². The van der Waals surface area contributed by atoms with Crippen molar-refractivity contribution >= 4 is 46.1 Å². The lowest BCUT2D eigenvalue weighted by atomic mass is 10.1. The molecule has 1 unspecified atom stereocenters. The van der Waals surface area contributed by atoms with Crippen LogP contribution < -0.4 is 10.6 Å². The molecule has 2 N–H and O–H groups in total. The average Bonchev–Trinajstić information content (AvgIpc) is 2.77. The highest BCUT2D eigenvalue weighted by Crippen LogP contribution is 2.32. The maximum absolute atomic E-state index is 12.0. The van der Waals surface area contributed by atoms with Gasteiger partial charge in [-0.3, -0.25) is 4.79 Å². The molecule has 1 aromatic heterocycles. The Labute approximate surface area is 118 Å². The van der Waals surface area contributed by atoms with Crippen molar-refractivity contribution in [3.8, 4) is 0 Å². The first kappa shape index (κ1) is 11.8. The topological polar surface area (TPSA) is 41.1 Å². The molecule has 2 heterocycles. The molecule has 1 aromatic carbocycles. The Balaban J connectivity index is 1.96. The summed E-state index contributed by atoms with van der Waals surface area (Å²) in [5.74, 6) is -0.138. The molecule has 18 heavy (non-hydrogen) atoms. The fraction of sp³-hybridized carbons (Fsp3) is 0.0833. The summed E-state index contributed by atoms with van der Waals surface area (Å²) in [4.78, 5) is 13.0. The molecule has 1 amide bonds. The van der Waals surface area contributed by atoms with Crippen molar-refractivity contribution in [1.82, 2.24) is 5.32 Å². The van der Waals surface area contributed by atoms with Crippen LogP contribution in [0.5, 0.6) is 0 Å². The van der Waals surface area contributed by atoms with Gasteiger partial charge in [-0.05, 0) is 30.3 Å². The molecule has 0 spiro atoms. The zero-order valence-corrected chi connectivity index (χ0v) is 11.4. The molecule has 0 saturated carbocycles. The molecule has 1 aliphatic heterocycles. The summed E-state index contributed by atoms with van der Waals surface area (Å²) in [6, 6.07) is 8.92. The molecule has 0 bridgehead atoms. The van der Waals surface area contributed by atoms with E-state index in [2.05, 4.69) is 10.6 Å². The highest BCUT2D eigenvalue weighted by atomic mass is 35.5. The van der Waals surface area contributed by atoms with Crippen LogP contribution in [0.4, 0.5) is 5.69 Å². The van der Waals surface area contributed by atoms with E-state index < -0.39 is 0 Å². The summed E-state index contributed by atoms with van der Waals surface area (Å²) >= 11 is 13.2. The minimum absolute atomic E-state index is 0.138. The van der Waals surface area contributed by atoms with Gasteiger partial charge in [-0.15, -0.1) is 11.3 Å². The van der Waals surface area contributed by atoms with Gasteiger partial charge in [0.05, 0.1) is 9.90 Å². The number of amides is 1. The SMILES string of the molecule is O=C1NC(c2ccc(Cl)s2)Nc2ccc(Cl)cc21. The van der Waals surface area contributed by atoms with Gasteiger partial charge in [-0.25, -0.2) is 0 Å². The Hall–Kier alpha value is -1.23. The highest BCUT2D eigenvalue weighted by molar-refractivity contribution is 7.16. The van der Waals surface area contributed by atoms with Gasteiger partial charge >= 0.3 is 0 Å². The van der Waals surface area contributed by atoms with Crippen LogP contribution in [-0.2, 0) is 0 Å². The molecule has 1 atom stereocenters. The van der Waals surface area contributed by atoms with E-state index in [1.807, 2.05) is 12.1 Å². The van der Waals surface area contributed by atoms with E-state index in [1.165, 1.54) is 11.3 Å². The number of benzene rings is 1. The minimum Gasteiger partial charge on any atom is -0.360 e. The molecule has 0 aliphatic carbocycles. The van der Waals surface area contributed by atoms with Crippen LogP contribution in [0.25, 0.3) is 0 Å². The Kier molecular flexibility index (Phi) is 2.93. The third kappa shape index (κ3) is 2.07. The number of rotatable bonds is 1. The van der Waals surface area contributed by atoms with Crippen LogP contribution in [-0.4, -0.2) is 5.91 Å². The lowest BCUT2D eigenvalue weighted by Crippen LogP contribution is -2.37. The molecule has 3 nitrogen and oxygen atoms in total. The van der Waals surface area contributed by atoms with E-state index in [4.69, 9.17) is 23.2 Å². The van der Waals surface area contributed by atoms with E-state index in [9.17, 15) is 4.79 Å². The molecule has 3 rings (SSSR count). The third-order valence-corrected chi connectivity index (χ3v) is 4.21. The van der Waals surface area contributed by atoms with E-state index in [0.29, 0.717) is 14.9 Å². The van der Waals surface area contributed by atoms with Gasteiger partial charge in [0.1, 0.15) is 6.17 Å². The molecule has 0 saturated heterocycles. The second-order valence-corrected chi connectivity index (χ2v) is 6.07. The van der Waals surface area contributed by atoms with Gasteiger partial charge in [0.15, 0.2) is 0 Å². The van der Waals surface area contributed by atoms with E-state index in [-0.39, 0.29) is 12.1 Å². The Morgan fingerprint density at radius 2 is 1.94 bits per heavy atom. The van der Waals surface area contributed by atoms with Gasteiger partial charge in [0, 0.05) is 15.6 Å². The summed E-state index contributed by atoms with van der Waals surface area (Å²) in [7, 11) is 0. The van der Waals surface area contributed by atoms with Crippen molar-refractivity contribution in [1.29, 1.82) is 0 Å². The normalized spacial score (nSPS) is 17.9. The molecule has 1 aliphatic rings. The predicted octanol–water partition coefficient (Wildman–Crippen LogP) is 3.91. The molecule has 0 fully saturated rings. The molecule has 92 valence electrons. The average molecular weight is 299 g/mol. The maximum atomic E-state index is 12.0. The maximum Gasteiger partial charge on any atom is 0.255 e. The molecule has 0 radical (unpaired) electrons. The number of anilines is 1. The van der Waals surface area contributed by atoms with Crippen molar-refractivity contribution in [3.63, 3.8) is 0 Å². The largest absolute Gasteiger partial charge is 0.360 e. The Morgan fingerprint density at radius 3 is 2.67 bits per heavy atom. The summed E-state index contributed by atoms with van der Waals surface area (Å²) in [6.45, 7) is 0. The molecule has 2 aromatic rings. The van der Waals surface area contributed by atoms with E-state index in [0.717, 1.165) is 10.6 Å². The van der Waals surface area contributed by atoms with Gasteiger partial charge in [-0.2, -0.15) is 0 Å². The van der Waals surface area contributed by atoms with Crippen LogP contribution in [0, 0.1) is 0 Å². The van der Waals surface area contributed by atoms with Crippen molar-refractivity contribution in [2.75, 3.05) is 5.32 Å². The number of fused-ring (bicyclic) bond motifs is 1. The highest BCUT2D eigenvalue weighted by Gasteiger charge is 2.25. The van der Waals surface area contributed by atoms with E-state index >= 15 is 0 Å². The van der Waals surface area contributed by atoms with Gasteiger partial charge in [0.2, 0.25) is 0 Å². The van der Waals surface area contributed by atoms with Crippen LogP contribution in [0.1, 0.15) is 21.4 Å². The molecular weight excluding hydrogens is 291 g/mol. The zero-order valence-electron chi connectivity index (χ0n) is 9.04. The minimum atomic E-state index is -0.247. The molecule has 6 heteroatoms. The zero-order chi connectivity index (χ0) is 12.7. The summed E-state index contributed by atoms with van der Waals surface area (Å²) in [5.41, 5.74) is 1.33. The third-order valence-electron chi connectivity index (χ3n) is 2.68. The lowest BCUT2D eigenvalue weighted by molar-refractivity contribution is 0.0936.